The van der Waals surface area contributed by atoms with Crippen molar-refractivity contribution in [3.8, 4) is 0 Å². The van der Waals surface area contributed by atoms with Crippen molar-refractivity contribution in [3.05, 3.63) is 52.0 Å². The minimum Gasteiger partial charge on any atom is -0.398 e. The Morgan fingerprint density at radius 1 is 1.41 bits per heavy atom. The highest BCUT2D eigenvalue weighted by Crippen LogP contribution is 2.18. The van der Waals surface area contributed by atoms with Crippen LogP contribution >= 0.6 is 0 Å². The van der Waals surface area contributed by atoms with E-state index < -0.39 is 0 Å². The predicted octanol–water partition coefficient (Wildman–Crippen LogP) is 0.886. The van der Waals surface area contributed by atoms with Crippen LogP contribution in [-0.4, -0.2) is 14.5 Å². The number of rotatable bonds is 2. The van der Waals surface area contributed by atoms with Gasteiger partial charge in [-0.1, -0.05) is 0 Å². The number of anilines is 1. The monoisotopic (exact) mass is 230 g/mol. The van der Waals surface area contributed by atoms with Crippen LogP contribution in [0.2, 0.25) is 0 Å². The van der Waals surface area contributed by atoms with Crippen LogP contribution in [0.5, 0.6) is 0 Å². The average molecular weight is 230 g/mol. The van der Waals surface area contributed by atoms with Crippen molar-refractivity contribution in [2.24, 2.45) is 0 Å². The molecule has 2 rings (SSSR count). The van der Waals surface area contributed by atoms with Gasteiger partial charge in [-0.2, -0.15) is 0 Å². The van der Waals surface area contributed by atoms with Gasteiger partial charge in [0, 0.05) is 24.1 Å². The Morgan fingerprint density at radius 3 is 2.88 bits per heavy atom. The van der Waals surface area contributed by atoms with Gasteiger partial charge in [0.2, 0.25) is 0 Å². The minimum atomic E-state index is -0.0969. The summed E-state index contributed by atoms with van der Waals surface area (Å²) >= 11 is 0. The quantitative estimate of drug-likeness (QED) is 0.831. The van der Waals surface area contributed by atoms with Crippen LogP contribution in [0.1, 0.15) is 16.8 Å². The maximum absolute atomic E-state index is 11.6. The Kier molecular flexibility index (Phi) is 2.91. The van der Waals surface area contributed by atoms with Crippen molar-refractivity contribution in [3.63, 3.8) is 0 Å². The molecule has 0 saturated heterocycles. The van der Waals surface area contributed by atoms with Gasteiger partial charge >= 0.3 is 0 Å². The molecule has 0 aliphatic rings. The van der Waals surface area contributed by atoms with Crippen molar-refractivity contribution in [2.45, 2.75) is 20.4 Å². The van der Waals surface area contributed by atoms with Crippen LogP contribution in [0.4, 0.5) is 5.69 Å². The standard InChI is InChI=1S/C12H14N4O/c1-8-5-15-10(9(2)12(8)13)6-16-7-14-4-3-11(16)17/h3-5,7H,6H2,1-2H3,(H2,13,15). The van der Waals surface area contributed by atoms with Crippen LogP contribution < -0.4 is 11.3 Å². The molecule has 0 amide bonds. The minimum absolute atomic E-state index is 0.0969. The van der Waals surface area contributed by atoms with Gasteiger partial charge in [0.05, 0.1) is 18.6 Å². The maximum atomic E-state index is 11.6. The third-order valence-electron chi connectivity index (χ3n) is 2.79. The van der Waals surface area contributed by atoms with E-state index >= 15 is 0 Å². The molecule has 5 heteroatoms. The third kappa shape index (κ3) is 2.18. The number of nitrogens with two attached hydrogens (primary N) is 1. The second-order valence-electron chi connectivity index (χ2n) is 3.97. The van der Waals surface area contributed by atoms with Crippen molar-refractivity contribution in [1.29, 1.82) is 0 Å². The highest BCUT2D eigenvalue weighted by Gasteiger charge is 2.07. The predicted molar refractivity (Wildman–Crippen MR) is 65.7 cm³/mol. The molecular weight excluding hydrogens is 216 g/mol. The molecule has 0 fully saturated rings. The van der Waals surface area contributed by atoms with E-state index in [0.29, 0.717) is 6.54 Å². The molecule has 0 radical (unpaired) electrons. The molecule has 0 aliphatic heterocycles. The van der Waals surface area contributed by atoms with Crippen molar-refractivity contribution in [1.82, 2.24) is 14.5 Å². The number of pyridine rings is 1. The fourth-order valence-electron chi connectivity index (χ4n) is 1.61. The molecule has 0 atom stereocenters. The summed E-state index contributed by atoms with van der Waals surface area (Å²) in [5, 5.41) is 0. The lowest BCUT2D eigenvalue weighted by molar-refractivity contribution is 0.714. The van der Waals surface area contributed by atoms with E-state index in [-0.39, 0.29) is 5.56 Å². The van der Waals surface area contributed by atoms with Gasteiger partial charge in [0.15, 0.2) is 0 Å². The molecule has 5 nitrogen and oxygen atoms in total. The summed E-state index contributed by atoms with van der Waals surface area (Å²) in [5.74, 6) is 0. The van der Waals surface area contributed by atoms with E-state index in [1.54, 1.807) is 6.20 Å². The molecule has 0 unspecified atom stereocenters. The molecule has 2 aromatic heterocycles. The second kappa shape index (κ2) is 4.37. The highest BCUT2D eigenvalue weighted by molar-refractivity contribution is 5.53. The van der Waals surface area contributed by atoms with E-state index in [4.69, 9.17) is 5.73 Å². The van der Waals surface area contributed by atoms with E-state index in [9.17, 15) is 4.79 Å². The van der Waals surface area contributed by atoms with Gasteiger partial charge in [-0.15, -0.1) is 0 Å². The van der Waals surface area contributed by atoms with Crippen LogP contribution in [0, 0.1) is 13.8 Å². The van der Waals surface area contributed by atoms with Crippen LogP contribution in [0.15, 0.2) is 29.6 Å². The molecule has 0 aromatic carbocycles. The molecule has 88 valence electrons. The summed E-state index contributed by atoms with van der Waals surface area (Å²) in [5.41, 5.74) is 9.22. The fraction of sp³-hybridized carbons (Fsp3) is 0.250. The number of nitrogen functional groups attached to an aromatic ring is 1. The van der Waals surface area contributed by atoms with E-state index in [1.807, 2.05) is 13.8 Å². The Balaban J connectivity index is 2.41. The fourth-order valence-corrected chi connectivity index (χ4v) is 1.61. The average Bonchev–Trinajstić information content (AvgIpc) is 2.32. The molecule has 2 heterocycles. The zero-order chi connectivity index (χ0) is 12.4. The molecule has 0 bridgehead atoms. The number of aromatic nitrogens is 3. The summed E-state index contributed by atoms with van der Waals surface area (Å²) in [6.45, 7) is 4.21. The Bertz CT molecular complexity index is 604. The van der Waals surface area contributed by atoms with Gasteiger partial charge in [-0.05, 0) is 25.0 Å². The zero-order valence-corrected chi connectivity index (χ0v) is 9.84. The summed E-state index contributed by atoms with van der Waals surface area (Å²) in [6, 6.07) is 1.42. The summed E-state index contributed by atoms with van der Waals surface area (Å²) < 4.78 is 1.50. The summed E-state index contributed by atoms with van der Waals surface area (Å²) in [6.07, 6.45) is 4.70. The van der Waals surface area contributed by atoms with Gasteiger partial charge in [0.25, 0.3) is 5.56 Å². The first-order valence-corrected chi connectivity index (χ1v) is 5.30. The first kappa shape index (κ1) is 11.3. The second-order valence-corrected chi connectivity index (χ2v) is 3.97. The van der Waals surface area contributed by atoms with Crippen molar-refractivity contribution >= 4 is 5.69 Å². The Hall–Kier alpha value is -2.17. The highest BCUT2D eigenvalue weighted by atomic mass is 16.1. The van der Waals surface area contributed by atoms with Crippen molar-refractivity contribution < 1.29 is 0 Å². The molecule has 0 saturated carbocycles. The Morgan fingerprint density at radius 2 is 2.18 bits per heavy atom. The number of aryl methyl sites for hydroxylation is 1. The normalized spacial score (nSPS) is 10.5. The lowest BCUT2D eigenvalue weighted by Gasteiger charge is -2.10. The zero-order valence-electron chi connectivity index (χ0n) is 9.84. The summed E-state index contributed by atoms with van der Waals surface area (Å²) in [4.78, 5) is 19.8. The first-order chi connectivity index (χ1) is 8.09. The molecule has 0 spiro atoms. The van der Waals surface area contributed by atoms with Crippen LogP contribution in [-0.2, 0) is 6.54 Å². The van der Waals surface area contributed by atoms with E-state index in [0.717, 1.165) is 22.5 Å². The lowest BCUT2D eigenvalue weighted by atomic mass is 10.1. The van der Waals surface area contributed by atoms with E-state index in [2.05, 4.69) is 9.97 Å². The van der Waals surface area contributed by atoms with Crippen LogP contribution in [0.3, 0.4) is 0 Å². The molecule has 2 aromatic rings. The largest absolute Gasteiger partial charge is 0.398 e. The number of hydrogen-bond acceptors (Lipinski definition) is 4. The van der Waals surface area contributed by atoms with Crippen molar-refractivity contribution in [2.75, 3.05) is 5.73 Å². The van der Waals surface area contributed by atoms with Gasteiger partial charge in [0.1, 0.15) is 0 Å². The molecular formula is C12H14N4O. The Labute approximate surface area is 99.0 Å². The van der Waals surface area contributed by atoms with E-state index in [1.165, 1.54) is 23.2 Å². The van der Waals surface area contributed by atoms with Crippen LogP contribution in [0.25, 0.3) is 0 Å². The lowest BCUT2D eigenvalue weighted by Crippen LogP contribution is -2.20. The third-order valence-corrected chi connectivity index (χ3v) is 2.79. The molecule has 17 heavy (non-hydrogen) atoms. The summed E-state index contributed by atoms with van der Waals surface area (Å²) in [7, 11) is 0. The SMILES string of the molecule is Cc1cnc(Cn2cnccc2=O)c(C)c1N. The maximum Gasteiger partial charge on any atom is 0.253 e. The molecule has 0 aliphatic carbocycles. The number of nitrogens with zero attached hydrogens (tertiary/aromatic N) is 3. The van der Waals surface area contributed by atoms with Gasteiger partial charge < -0.3 is 5.73 Å². The van der Waals surface area contributed by atoms with Gasteiger partial charge in [-0.25, -0.2) is 4.98 Å². The first-order valence-electron chi connectivity index (χ1n) is 5.30. The topological polar surface area (TPSA) is 73.8 Å². The smallest absolute Gasteiger partial charge is 0.253 e. The molecule has 2 N–H and O–H groups in total. The number of hydrogen-bond donors (Lipinski definition) is 1. The van der Waals surface area contributed by atoms with Gasteiger partial charge in [-0.3, -0.25) is 14.3 Å².